The summed E-state index contributed by atoms with van der Waals surface area (Å²) in [5.41, 5.74) is 14.6. The lowest BCUT2D eigenvalue weighted by atomic mass is 9.81. The lowest BCUT2D eigenvalue weighted by Gasteiger charge is -2.22. The zero-order valence-electron chi connectivity index (χ0n) is 23.8. The first-order chi connectivity index (χ1) is 19.4. The molecule has 194 valence electrons. The van der Waals surface area contributed by atoms with E-state index in [-0.39, 0.29) is 0 Å². The van der Waals surface area contributed by atoms with Gasteiger partial charge in [0.15, 0.2) is 0 Å². The lowest BCUT2D eigenvalue weighted by molar-refractivity contribution is 1.38. The van der Waals surface area contributed by atoms with Crippen LogP contribution >= 0.6 is 0 Å². The van der Waals surface area contributed by atoms with Crippen LogP contribution in [0.2, 0.25) is 0 Å². The molecule has 0 N–H and O–H groups in total. The van der Waals surface area contributed by atoms with Gasteiger partial charge in [0.25, 0.3) is 0 Å². The van der Waals surface area contributed by atoms with Crippen LogP contribution in [0.1, 0.15) is 33.4 Å². The molecule has 0 unspecified atom stereocenters. The Morgan fingerprint density at radius 1 is 0.450 bits per heavy atom. The molecule has 0 nitrogen and oxygen atoms in total. The third-order valence-electron chi connectivity index (χ3n) is 7.90. The molecule has 0 saturated carbocycles. The third-order valence-corrected chi connectivity index (χ3v) is 7.90. The zero-order chi connectivity index (χ0) is 28.0. The molecule has 0 fully saturated rings. The van der Waals surface area contributed by atoms with Crippen molar-refractivity contribution in [2.24, 2.45) is 0 Å². The van der Waals surface area contributed by atoms with Crippen molar-refractivity contribution < 1.29 is 0 Å². The smallest absolute Gasteiger partial charge is 0.00143 e. The average molecular weight is 515 g/mol. The molecule has 0 heterocycles. The molecule has 0 spiro atoms. The normalized spacial score (nSPS) is 11.2. The van der Waals surface area contributed by atoms with Crippen LogP contribution in [-0.2, 0) is 0 Å². The molecule has 0 amide bonds. The highest BCUT2D eigenvalue weighted by Gasteiger charge is 2.21. The van der Waals surface area contributed by atoms with Crippen LogP contribution in [0, 0.1) is 27.7 Å². The fourth-order valence-corrected chi connectivity index (χ4v) is 6.43. The molecule has 0 aliphatic rings. The fraction of sp³-hybridized carbons (Fsp3) is 0.100. The van der Waals surface area contributed by atoms with Crippen LogP contribution in [0.5, 0.6) is 0 Å². The number of benzene rings is 6. The highest BCUT2D eigenvalue weighted by Crippen LogP contribution is 2.46. The Labute approximate surface area is 238 Å². The van der Waals surface area contributed by atoms with Crippen LogP contribution in [0.15, 0.2) is 110 Å². The van der Waals surface area contributed by atoms with Gasteiger partial charge in [0.2, 0.25) is 0 Å². The predicted molar refractivity (Wildman–Crippen MR) is 177 cm³/mol. The van der Waals surface area contributed by atoms with Crippen molar-refractivity contribution in [1.82, 2.24) is 0 Å². The van der Waals surface area contributed by atoms with Crippen LogP contribution < -0.4 is 0 Å². The second-order valence-electron chi connectivity index (χ2n) is 11.0. The first kappa shape index (κ1) is 25.6. The van der Waals surface area contributed by atoms with E-state index < -0.39 is 0 Å². The molecule has 0 aliphatic heterocycles. The second-order valence-corrected chi connectivity index (χ2v) is 11.0. The SMILES string of the molecule is C=Cc1c(-c2cc(C)cc(C)c2)cc2ccccc2c1-c1c(C=C)c(-c2cc(C)cc(C)c2)cc2ccccc12. The molecule has 0 aliphatic carbocycles. The van der Waals surface area contributed by atoms with Gasteiger partial charge in [-0.2, -0.15) is 0 Å². The summed E-state index contributed by atoms with van der Waals surface area (Å²) in [5, 5.41) is 4.87. The number of hydrogen-bond acceptors (Lipinski definition) is 0. The van der Waals surface area contributed by atoms with Crippen molar-refractivity contribution in [3.05, 3.63) is 144 Å². The summed E-state index contributed by atoms with van der Waals surface area (Å²) < 4.78 is 0. The van der Waals surface area contributed by atoms with Crippen molar-refractivity contribution in [3.8, 4) is 33.4 Å². The maximum absolute atomic E-state index is 4.37. The van der Waals surface area contributed by atoms with Crippen molar-refractivity contribution in [1.29, 1.82) is 0 Å². The lowest BCUT2D eigenvalue weighted by Crippen LogP contribution is -1.97. The van der Waals surface area contributed by atoms with Crippen molar-refractivity contribution in [3.63, 3.8) is 0 Å². The number of aryl methyl sites for hydroxylation is 4. The summed E-state index contributed by atoms with van der Waals surface area (Å²) in [4.78, 5) is 0. The number of fused-ring (bicyclic) bond motifs is 2. The quantitative estimate of drug-likeness (QED) is 0.215. The van der Waals surface area contributed by atoms with Crippen LogP contribution in [0.4, 0.5) is 0 Å². The van der Waals surface area contributed by atoms with E-state index in [9.17, 15) is 0 Å². The van der Waals surface area contributed by atoms with Gasteiger partial charge in [0.1, 0.15) is 0 Å². The topological polar surface area (TPSA) is 0 Å². The van der Waals surface area contributed by atoms with Gasteiger partial charge in [-0.15, -0.1) is 0 Å². The first-order valence-electron chi connectivity index (χ1n) is 13.9. The van der Waals surface area contributed by atoms with E-state index in [4.69, 9.17) is 0 Å². The molecular formula is C40H34. The molecule has 0 aromatic heterocycles. The molecule has 0 saturated heterocycles. The van der Waals surface area contributed by atoms with Gasteiger partial charge in [0.05, 0.1) is 0 Å². The van der Waals surface area contributed by atoms with E-state index in [1.165, 1.54) is 77.2 Å². The Morgan fingerprint density at radius 2 is 0.800 bits per heavy atom. The summed E-state index contributed by atoms with van der Waals surface area (Å²) in [6, 6.07) is 35.7. The highest BCUT2D eigenvalue weighted by molar-refractivity contribution is 6.15. The van der Waals surface area contributed by atoms with Crippen LogP contribution in [-0.4, -0.2) is 0 Å². The Balaban J connectivity index is 1.83. The maximum atomic E-state index is 4.37. The van der Waals surface area contributed by atoms with E-state index in [2.05, 4.69) is 138 Å². The van der Waals surface area contributed by atoms with Crippen LogP contribution in [0.3, 0.4) is 0 Å². The minimum Gasteiger partial charge on any atom is -0.0984 e. The Hall–Kier alpha value is -4.68. The molecule has 6 aromatic rings. The van der Waals surface area contributed by atoms with E-state index in [1.807, 2.05) is 12.2 Å². The molecule has 6 aromatic carbocycles. The minimum atomic E-state index is 1.15. The summed E-state index contributed by atoms with van der Waals surface area (Å²) in [7, 11) is 0. The van der Waals surface area contributed by atoms with Gasteiger partial charge in [-0.3, -0.25) is 0 Å². The first-order valence-corrected chi connectivity index (χ1v) is 13.9. The van der Waals surface area contributed by atoms with Gasteiger partial charge in [-0.05, 0) is 106 Å². The maximum Gasteiger partial charge on any atom is -0.00143 e. The average Bonchev–Trinajstić information content (AvgIpc) is 2.94. The predicted octanol–water partition coefficient (Wildman–Crippen LogP) is 11.5. The van der Waals surface area contributed by atoms with Gasteiger partial charge in [-0.1, -0.05) is 132 Å². The van der Waals surface area contributed by atoms with E-state index in [0.717, 1.165) is 11.1 Å². The third kappa shape index (κ3) is 4.36. The summed E-state index contributed by atoms with van der Waals surface area (Å²) in [6.45, 7) is 17.4. The molecule has 0 bridgehead atoms. The number of hydrogen-bond donors (Lipinski definition) is 0. The van der Waals surface area contributed by atoms with Gasteiger partial charge >= 0.3 is 0 Å². The van der Waals surface area contributed by atoms with Crippen molar-refractivity contribution in [2.75, 3.05) is 0 Å². The van der Waals surface area contributed by atoms with Crippen LogP contribution in [0.25, 0.3) is 67.1 Å². The van der Waals surface area contributed by atoms with Crippen molar-refractivity contribution in [2.45, 2.75) is 27.7 Å². The second kappa shape index (κ2) is 10.1. The summed E-state index contributed by atoms with van der Waals surface area (Å²) in [6.07, 6.45) is 4.08. The number of rotatable bonds is 5. The Morgan fingerprint density at radius 3 is 1.15 bits per heavy atom. The summed E-state index contributed by atoms with van der Waals surface area (Å²) >= 11 is 0. The largest absolute Gasteiger partial charge is 0.0984 e. The van der Waals surface area contributed by atoms with E-state index in [0.29, 0.717) is 0 Å². The van der Waals surface area contributed by atoms with Crippen molar-refractivity contribution >= 4 is 33.7 Å². The molecule has 40 heavy (non-hydrogen) atoms. The highest BCUT2D eigenvalue weighted by atomic mass is 14.2. The molecule has 0 heteroatoms. The van der Waals surface area contributed by atoms with Gasteiger partial charge in [0, 0.05) is 0 Å². The molecule has 0 atom stereocenters. The fourth-order valence-electron chi connectivity index (χ4n) is 6.43. The molecular weight excluding hydrogens is 480 g/mol. The molecule has 0 radical (unpaired) electrons. The van der Waals surface area contributed by atoms with Gasteiger partial charge < -0.3 is 0 Å². The zero-order valence-corrected chi connectivity index (χ0v) is 23.8. The van der Waals surface area contributed by atoms with E-state index in [1.54, 1.807) is 0 Å². The van der Waals surface area contributed by atoms with E-state index >= 15 is 0 Å². The molecule has 6 rings (SSSR count). The Bertz CT molecular complexity index is 1780. The Kier molecular flexibility index (Phi) is 6.48. The van der Waals surface area contributed by atoms with Gasteiger partial charge in [-0.25, -0.2) is 0 Å². The monoisotopic (exact) mass is 514 g/mol. The summed E-state index contributed by atoms with van der Waals surface area (Å²) in [5.74, 6) is 0. The standard InChI is InChI=1S/C40H34/c1-7-33-37(31-19-25(3)17-26(4)20-31)23-29-13-9-11-15-35(29)39(33)40-34(8-2)38(24-30-14-10-12-16-36(30)40)32-21-27(5)18-28(6)22-32/h7-24H,1-2H2,3-6H3. The minimum absolute atomic E-state index is 1.15.